The van der Waals surface area contributed by atoms with Gasteiger partial charge in [0.15, 0.2) is 0 Å². The Morgan fingerprint density at radius 3 is 2.50 bits per heavy atom. The third-order valence-electron chi connectivity index (χ3n) is 2.97. The van der Waals surface area contributed by atoms with E-state index in [2.05, 4.69) is 16.0 Å². The first-order valence-electron chi connectivity index (χ1n) is 6.91. The first kappa shape index (κ1) is 16.0. The largest absolute Gasteiger partial charge is 0.388 e. The number of hydrogen-bond donors (Lipinski definition) is 3. The molecule has 5 nitrogen and oxygen atoms in total. The van der Waals surface area contributed by atoms with Crippen LogP contribution in [0.15, 0.2) is 18.2 Å². The molecule has 3 N–H and O–H groups in total. The van der Waals surface area contributed by atoms with Crippen molar-refractivity contribution >= 4 is 17.5 Å². The van der Waals surface area contributed by atoms with E-state index in [0.29, 0.717) is 25.1 Å². The van der Waals surface area contributed by atoms with Gasteiger partial charge in [0.2, 0.25) is 5.91 Å². The molecule has 1 aromatic carbocycles. The fourth-order valence-electron chi connectivity index (χ4n) is 1.81. The lowest BCUT2D eigenvalue weighted by molar-refractivity contribution is -0.120. The highest BCUT2D eigenvalue weighted by atomic mass is 16.2. The predicted octanol–water partition coefficient (Wildman–Crippen LogP) is 1.68. The molecule has 0 aromatic heterocycles. The number of hydrogen-bond acceptors (Lipinski definition) is 3. The quantitative estimate of drug-likeness (QED) is 0.710. The van der Waals surface area contributed by atoms with Crippen molar-refractivity contribution in [3.8, 4) is 0 Å². The molecule has 0 atom stereocenters. The van der Waals surface area contributed by atoms with Gasteiger partial charge in [-0.3, -0.25) is 9.59 Å². The molecular formula is C15H23N3O2. The number of carbonyl (C=O) groups excluding carboxylic acids is 2. The molecule has 0 aliphatic carbocycles. The average Bonchev–Trinajstić information content (AvgIpc) is 2.44. The third-order valence-corrected chi connectivity index (χ3v) is 2.97. The van der Waals surface area contributed by atoms with Crippen LogP contribution in [0.5, 0.6) is 0 Å². The monoisotopic (exact) mass is 277 g/mol. The topological polar surface area (TPSA) is 70.2 Å². The zero-order valence-electron chi connectivity index (χ0n) is 12.4. The maximum Gasteiger partial charge on any atom is 0.251 e. The van der Waals surface area contributed by atoms with Gasteiger partial charge >= 0.3 is 0 Å². The van der Waals surface area contributed by atoms with E-state index in [1.807, 2.05) is 33.0 Å². The smallest absolute Gasteiger partial charge is 0.251 e. The predicted molar refractivity (Wildman–Crippen MR) is 81.0 cm³/mol. The summed E-state index contributed by atoms with van der Waals surface area (Å²) in [6.07, 6.45) is 1.22. The van der Waals surface area contributed by atoms with Crippen molar-refractivity contribution in [2.24, 2.45) is 0 Å². The lowest BCUT2D eigenvalue weighted by Gasteiger charge is -2.09. The van der Waals surface area contributed by atoms with Crippen LogP contribution in [0, 0.1) is 6.92 Å². The number of anilines is 1. The van der Waals surface area contributed by atoms with E-state index in [0.717, 1.165) is 17.7 Å². The van der Waals surface area contributed by atoms with Crippen molar-refractivity contribution in [1.29, 1.82) is 0 Å². The van der Waals surface area contributed by atoms with Gasteiger partial charge in [-0.05, 0) is 37.1 Å². The normalized spacial score (nSPS) is 9.95. The molecule has 0 saturated carbocycles. The molecule has 0 spiro atoms. The first-order valence-corrected chi connectivity index (χ1v) is 6.91. The average molecular weight is 277 g/mol. The number of rotatable bonds is 7. The highest BCUT2D eigenvalue weighted by molar-refractivity contribution is 5.96. The minimum Gasteiger partial charge on any atom is -0.388 e. The van der Waals surface area contributed by atoms with E-state index >= 15 is 0 Å². The Kier molecular flexibility index (Phi) is 6.56. The van der Waals surface area contributed by atoms with E-state index in [-0.39, 0.29) is 11.8 Å². The van der Waals surface area contributed by atoms with Crippen LogP contribution in [0.25, 0.3) is 0 Å². The second-order valence-corrected chi connectivity index (χ2v) is 4.64. The van der Waals surface area contributed by atoms with Gasteiger partial charge in [0, 0.05) is 37.8 Å². The number of carbonyl (C=O) groups is 2. The standard InChI is InChI=1S/C15H23N3O2/c1-4-8-17-14(19)7-9-18-15(20)13-6-5-12(16-3)10-11(13)2/h5-6,10,16H,4,7-9H2,1-3H3,(H,17,19)(H,18,20). The summed E-state index contributed by atoms with van der Waals surface area (Å²) < 4.78 is 0. The molecule has 0 heterocycles. The second-order valence-electron chi connectivity index (χ2n) is 4.64. The summed E-state index contributed by atoms with van der Waals surface area (Å²) in [5, 5.41) is 8.57. The summed E-state index contributed by atoms with van der Waals surface area (Å²) in [7, 11) is 1.84. The van der Waals surface area contributed by atoms with Gasteiger partial charge in [0.1, 0.15) is 0 Å². The van der Waals surface area contributed by atoms with Crippen molar-refractivity contribution in [1.82, 2.24) is 10.6 Å². The maximum atomic E-state index is 12.0. The fourth-order valence-corrected chi connectivity index (χ4v) is 1.81. The van der Waals surface area contributed by atoms with Gasteiger partial charge in [-0.25, -0.2) is 0 Å². The first-order chi connectivity index (χ1) is 9.58. The Bertz CT molecular complexity index is 472. The molecule has 0 unspecified atom stereocenters. The molecule has 0 aliphatic rings. The van der Waals surface area contributed by atoms with Crippen molar-refractivity contribution in [3.63, 3.8) is 0 Å². The highest BCUT2D eigenvalue weighted by Crippen LogP contribution is 2.14. The van der Waals surface area contributed by atoms with Crippen molar-refractivity contribution in [2.75, 3.05) is 25.5 Å². The molecule has 1 rings (SSSR count). The van der Waals surface area contributed by atoms with E-state index in [1.165, 1.54) is 0 Å². The van der Waals surface area contributed by atoms with E-state index < -0.39 is 0 Å². The number of aryl methyl sites for hydroxylation is 1. The van der Waals surface area contributed by atoms with Crippen LogP contribution < -0.4 is 16.0 Å². The van der Waals surface area contributed by atoms with Crippen molar-refractivity contribution in [3.05, 3.63) is 29.3 Å². The molecule has 0 bridgehead atoms. The Morgan fingerprint density at radius 1 is 1.15 bits per heavy atom. The summed E-state index contributed by atoms with van der Waals surface area (Å²) >= 11 is 0. The Hall–Kier alpha value is -2.04. The van der Waals surface area contributed by atoms with E-state index in [4.69, 9.17) is 0 Å². The van der Waals surface area contributed by atoms with Gasteiger partial charge in [0.25, 0.3) is 5.91 Å². The fraction of sp³-hybridized carbons (Fsp3) is 0.467. The number of benzene rings is 1. The van der Waals surface area contributed by atoms with Crippen LogP contribution >= 0.6 is 0 Å². The zero-order chi connectivity index (χ0) is 15.0. The summed E-state index contributed by atoms with van der Waals surface area (Å²) in [5.41, 5.74) is 2.51. The molecule has 0 saturated heterocycles. The van der Waals surface area contributed by atoms with Crippen LogP contribution in [-0.2, 0) is 4.79 Å². The molecule has 5 heteroatoms. The Balaban J connectivity index is 2.45. The van der Waals surface area contributed by atoms with Gasteiger partial charge in [-0.2, -0.15) is 0 Å². The number of nitrogens with one attached hydrogen (secondary N) is 3. The summed E-state index contributed by atoms with van der Waals surface area (Å²) in [5.74, 6) is -0.178. The lowest BCUT2D eigenvalue weighted by atomic mass is 10.1. The van der Waals surface area contributed by atoms with Crippen LogP contribution in [0.2, 0.25) is 0 Å². The minimum absolute atomic E-state index is 0.0330. The van der Waals surface area contributed by atoms with Gasteiger partial charge in [-0.1, -0.05) is 6.92 Å². The summed E-state index contributed by atoms with van der Waals surface area (Å²) in [6, 6.07) is 5.56. The molecule has 2 amide bonds. The Labute approximate surface area is 120 Å². The molecule has 110 valence electrons. The number of amides is 2. The second kappa shape index (κ2) is 8.19. The summed E-state index contributed by atoms with van der Waals surface area (Å²) in [6.45, 7) is 4.92. The molecule has 20 heavy (non-hydrogen) atoms. The lowest BCUT2D eigenvalue weighted by Crippen LogP contribution is -2.31. The third kappa shape index (κ3) is 4.91. The van der Waals surface area contributed by atoms with Gasteiger partial charge < -0.3 is 16.0 Å². The Morgan fingerprint density at radius 2 is 1.90 bits per heavy atom. The van der Waals surface area contributed by atoms with Gasteiger partial charge in [-0.15, -0.1) is 0 Å². The van der Waals surface area contributed by atoms with Crippen molar-refractivity contribution < 1.29 is 9.59 Å². The van der Waals surface area contributed by atoms with E-state index in [1.54, 1.807) is 6.07 Å². The maximum absolute atomic E-state index is 12.0. The van der Waals surface area contributed by atoms with Crippen LogP contribution in [0.4, 0.5) is 5.69 Å². The van der Waals surface area contributed by atoms with E-state index in [9.17, 15) is 9.59 Å². The summed E-state index contributed by atoms with van der Waals surface area (Å²) in [4.78, 5) is 23.4. The van der Waals surface area contributed by atoms with Crippen molar-refractivity contribution in [2.45, 2.75) is 26.7 Å². The SMILES string of the molecule is CCCNC(=O)CCNC(=O)c1ccc(NC)cc1C. The zero-order valence-corrected chi connectivity index (χ0v) is 12.4. The van der Waals surface area contributed by atoms with Crippen LogP contribution in [0.1, 0.15) is 35.7 Å². The van der Waals surface area contributed by atoms with Crippen LogP contribution in [-0.4, -0.2) is 32.0 Å². The molecule has 1 aromatic rings. The van der Waals surface area contributed by atoms with Crippen LogP contribution in [0.3, 0.4) is 0 Å². The molecule has 0 fully saturated rings. The van der Waals surface area contributed by atoms with Gasteiger partial charge in [0.05, 0.1) is 0 Å². The highest BCUT2D eigenvalue weighted by Gasteiger charge is 2.09. The molecule has 0 aliphatic heterocycles. The molecular weight excluding hydrogens is 254 g/mol. The minimum atomic E-state index is -0.145. The molecule has 0 radical (unpaired) electrons.